The zero-order valence-corrected chi connectivity index (χ0v) is 6.25. The van der Waals surface area contributed by atoms with E-state index in [0.717, 1.165) is 11.3 Å². The SMILES string of the molecule is O=C(NO)c1n[nH]c(=S)s1. The molecule has 1 amide bonds. The lowest BCUT2D eigenvalue weighted by atomic mass is 10.7. The van der Waals surface area contributed by atoms with Crippen LogP contribution in [0.25, 0.3) is 0 Å². The Bertz CT molecular complexity index is 290. The lowest BCUT2D eigenvalue weighted by molar-refractivity contribution is 0.0705. The standard InChI is InChI=1S/C3H3N3O2S2/c7-1(6-8)2-4-5-3(9)10-2/h8H,(H,5,9)(H,6,7). The second kappa shape index (κ2) is 2.86. The van der Waals surface area contributed by atoms with Gasteiger partial charge in [0.1, 0.15) is 0 Å². The van der Waals surface area contributed by atoms with Crippen LogP contribution in [0.5, 0.6) is 0 Å². The zero-order valence-electron chi connectivity index (χ0n) is 4.62. The van der Waals surface area contributed by atoms with Crippen LogP contribution in [0, 0.1) is 3.95 Å². The average Bonchev–Trinajstić information content (AvgIpc) is 2.34. The van der Waals surface area contributed by atoms with Crippen LogP contribution in [-0.2, 0) is 0 Å². The number of amides is 1. The first-order valence-corrected chi connectivity index (χ1v) is 3.46. The van der Waals surface area contributed by atoms with Gasteiger partial charge in [-0.15, -0.1) is 0 Å². The number of carbonyl (C=O) groups is 1. The van der Waals surface area contributed by atoms with Gasteiger partial charge in [0.2, 0.25) is 5.01 Å². The fraction of sp³-hybridized carbons (Fsp3) is 0. The summed E-state index contributed by atoms with van der Waals surface area (Å²) < 4.78 is 0.401. The summed E-state index contributed by atoms with van der Waals surface area (Å²) in [5.41, 5.74) is 1.44. The van der Waals surface area contributed by atoms with E-state index in [0.29, 0.717) is 3.95 Å². The minimum absolute atomic E-state index is 0.118. The first-order valence-electron chi connectivity index (χ1n) is 2.24. The third kappa shape index (κ3) is 1.38. The molecule has 5 nitrogen and oxygen atoms in total. The van der Waals surface area contributed by atoms with Crippen molar-refractivity contribution in [1.82, 2.24) is 15.7 Å². The van der Waals surface area contributed by atoms with Gasteiger partial charge in [-0.1, -0.05) is 11.3 Å². The van der Waals surface area contributed by atoms with Crippen molar-refractivity contribution < 1.29 is 10.0 Å². The predicted octanol–water partition coefficient (Wildman–Crippen LogP) is 0.320. The van der Waals surface area contributed by atoms with E-state index in [-0.39, 0.29) is 5.01 Å². The fourth-order valence-electron chi connectivity index (χ4n) is 0.375. The van der Waals surface area contributed by atoms with Crippen LogP contribution >= 0.6 is 23.6 Å². The van der Waals surface area contributed by atoms with Gasteiger partial charge in [-0.25, -0.2) is 5.48 Å². The van der Waals surface area contributed by atoms with E-state index < -0.39 is 5.91 Å². The summed E-state index contributed by atoms with van der Waals surface area (Å²) in [4.78, 5) is 10.5. The van der Waals surface area contributed by atoms with Crippen molar-refractivity contribution in [2.24, 2.45) is 0 Å². The third-order valence-corrected chi connectivity index (χ3v) is 1.82. The molecule has 0 bridgehead atoms. The number of carbonyl (C=O) groups excluding carboxylic acids is 1. The van der Waals surface area contributed by atoms with Crippen molar-refractivity contribution in [1.29, 1.82) is 0 Å². The van der Waals surface area contributed by atoms with E-state index in [1.54, 1.807) is 0 Å². The largest absolute Gasteiger partial charge is 0.305 e. The normalized spacial score (nSPS) is 9.30. The van der Waals surface area contributed by atoms with Gasteiger partial charge in [0, 0.05) is 0 Å². The minimum Gasteiger partial charge on any atom is -0.288 e. The van der Waals surface area contributed by atoms with E-state index in [2.05, 4.69) is 22.4 Å². The number of hydrogen-bond acceptors (Lipinski definition) is 5. The Morgan fingerprint density at radius 3 is 3.00 bits per heavy atom. The molecule has 0 radical (unpaired) electrons. The number of aromatic amines is 1. The van der Waals surface area contributed by atoms with Gasteiger partial charge in [-0.05, 0) is 12.2 Å². The highest BCUT2D eigenvalue weighted by Crippen LogP contribution is 2.02. The second-order valence-corrected chi connectivity index (χ2v) is 3.02. The van der Waals surface area contributed by atoms with Crippen LogP contribution < -0.4 is 5.48 Å². The number of aromatic nitrogens is 2. The number of hydrogen-bond donors (Lipinski definition) is 3. The maximum Gasteiger partial charge on any atom is 0.305 e. The molecular weight excluding hydrogens is 174 g/mol. The van der Waals surface area contributed by atoms with Crippen LogP contribution in [0.15, 0.2) is 0 Å². The first kappa shape index (κ1) is 7.32. The molecule has 0 atom stereocenters. The van der Waals surface area contributed by atoms with E-state index in [4.69, 9.17) is 5.21 Å². The van der Waals surface area contributed by atoms with Gasteiger partial charge in [-0.3, -0.25) is 15.1 Å². The minimum atomic E-state index is -0.655. The van der Waals surface area contributed by atoms with E-state index in [9.17, 15) is 4.79 Å². The van der Waals surface area contributed by atoms with Crippen molar-refractivity contribution in [3.63, 3.8) is 0 Å². The quantitative estimate of drug-likeness (QED) is 0.328. The summed E-state index contributed by atoms with van der Waals surface area (Å²) in [5, 5.41) is 14.1. The maximum absolute atomic E-state index is 10.5. The third-order valence-electron chi connectivity index (χ3n) is 0.734. The molecule has 0 spiro atoms. The zero-order chi connectivity index (χ0) is 7.56. The molecule has 1 aromatic rings. The molecule has 0 aliphatic rings. The number of nitrogens with zero attached hydrogens (tertiary/aromatic N) is 1. The van der Waals surface area contributed by atoms with E-state index in [1.807, 2.05) is 0 Å². The second-order valence-electron chi connectivity index (χ2n) is 1.36. The molecule has 0 aliphatic heterocycles. The topological polar surface area (TPSA) is 78.0 Å². The molecule has 0 unspecified atom stereocenters. The van der Waals surface area contributed by atoms with Crippen molar-refractivity contribution in [3.05, 3.63) is 8.96 Å². The van der Waals surface area contributed by atoms with Crippen molar-refractivity contribution in [2.45, 2.75) is 0 Å². The molecule has 0 aliphatic carbocycles. The highest BCUT2D eigenvalue weighted by molar-refractivity contribution is 7.73. The summed E-state index contributed by atoms with van der Waals surface area (Å²) in [6.07, 6.45) is 0. The van der Waals surface area contributed by atoms with Crippen LogP contribution in [0.2, 0.25) is 0 Å². The monoisotopic (exact) mass is 177 g/mol. The Hall–Kier alpha value is -0.790. The number of nitrogens with one attached hydrogen (secondary N) is 2. The Labute approximate surface area is 64.7 Å². The van der Waals surface area contributed by atoms with Crippen molar-refractivity contribution in [2.75, 3.05) is 0 Å². The lowest BCUT2D eigenvalue weighted by Crippen LogP contribution is -2.18. The maximum atomic E-state index is 10.5. The summed E-state index contributed by atoms with van der Waals surface area (Å²) >= 11 is 5.64. The summed E-state index contributed by atoms with van der Waals surface area (Å²) in [6.45, 7) is 0. The van der Waals surface area contributed by atoms with Gasteiger partial charge >= 0.3 is 5.91 Å². The Balaban J connectivity index is 2.95. The number of rotatable bonds is 1. The van der Waals surface area contributed by atoms with Gasteiger partial charge in [0.25, 0.3) is 0 Å². The summed E-state index contributed by atoms with van der Waals surface area (Å²) in [6, 6.07) is 0. The van der Waals surface area contributed by atoms with Gasteiger partial charge in [-0.2, -0.15) is 5.10 Å². The molecule has 54 valence electrons. The first-order chi connectivity index (χ1) is 4.74. The Morgan fingerprint density at radius 2 is 2.60 bits per heavy atom. The Morgan fingerprint density at radius 1 is 1.90 bits per heavy atom. The van der Waals surface area contributed by atoms with Crippen molar-refractivity contribution in [3.8, 4) is 0 Å². The molecule has 0 saturated heterocycles. The molecule has 0 fully saturated rings. The lowest BCUT2D eigenvalue weighted by Gasteiger charge is -1.86. The number of hydroxylamine groups is 1. The molecule has 0 saturated carbocycles. The van der Waals surface area contributed by atoms with E-state index >= 15 is 0 Å². The van der Waals surface area contributed by atoms with Crippen LogP contribution in [0.3, 0.4) is 0 Å². The summed E-state index contributed by atoms with van der Waals surface area (Å²) in [7, 11) is 0. The molecule has 1 heterocycles. The molecule has 7 heteroatoms. The number of H-pyrrole nitrogens is 1. The van der Waals surface area contributed by atoms with Gasteiger partial charge in [0.05, 0.1) is 0 Å². The molecular formula is C3H3N3O2S2. The van der Waals surface area contributed by atoms with Gasteiger partial charge in [0.15, 0.2) is 3.95 Å². The highest BCUT2D eigenvalue weighted by atomic mass is 32.1. The Kier molecular flexibility index (Phi) is 2.10. The summed E-state index contributed by atoms with van der Waals surface area (Å²) in [5.74, 6) is -0.655. The average molecular weight is 177 g/mol. The van der Waals surface area contributed by atoms with Crippen molar-refractivity contribution >= 4 is 29.5 Å². The van der Waals surface area contributed by atoms with Crippen LogP contribution in [0.1, 0.15) is 9.80 Å². The predicted molar refractivity (Wildman–Crippen MR) is 36.6 cm³/mol. The molecule has 3 N–H and O–H groups in total. The molecule has 1 rings (SSSR count). The molecule has 10 heavy (non-hydrogen) atoms. The van der Waals surface area contributed by atoms with Gasteiger partial charge < -0.3 is 0 Å². The smallest absolute Gasteiger partial charge is 0.288 e. The molecule has 1 aromatic heterocycles. The fourth-order valence-corrected chi connectivity index (χ4v) is 1.15. The molecule has 0 aromatic carbocycles. The highest BCUT2D eigenvalue weighted by Gasteiger charge is 2.06. The van der Waals surface area contributed by atoms with Crippen LogP contribution in [0.4, 0.5) is 0 Å². The van der Waals surface area contributed by atoms with Crippen LogP contribution in [-0.4, -0.2) is 21.3 Å². The van der Waals surface area contributed by atoms with E-state index in [1.165, 1.54) is 5.48 Å².